The molecule has 2 aromatic carbocycles. The fourth-order valence-electron chi connectivity index (χ4n) is 2.13. The molecule has 2 atom stereocenters. The van der Waals surface area contributed by atoms with Crippen LogP contribution in [0, 0.1) is 11.3 Å². The molecule has 4 N–H and O–H groups in total. The summed E-state index contributed by atoms with van der Waals surface area (Å²) in [6.45, 7) is 0. The van der Waals surface area contributed by atoms with Crippen molar-refractivity contribution in [2.45, 2.75) is 18.6 Å². The molecule has 0 aliphatic rings. The number of rotatable bonds is 5. The van der Waals surface area contributed by atoms with Gasteiger partial charge in [0.15, 0.2) is 5.78 Å². The molecule has 5 heteroatoms. The maximum atomic E-state index is 12.5. The van der Waals surface area contributed by atoms with Crippen LogP contribution in [-0.4, -0.2) is 22.1 Å². The van der Waals surface area contributed by atoms with Gasteiger partial charge in [0.05, 0.1) is 18.6 Å². The highest BCUT2D eigenvalue weighted by Gasteiger charge is 2.21. The third-order valence-corrected chi connectivity index (χ3v) is 3.36. The Kier molecular flexibility index (Phi) is 4.89. The topological polar surface area (TPSA) is 107 Å². The van der Waals surface area contributed by atoms with Crippen LogP contribution >= 0.6 is 0 Å². The molecular formula is C17H16N2O3. The molecule has 0 heterocycles. The van der Waals surface area contributed by atoms with Crippen molar-refractivity contribution < 1.29 is 15.0 Å². The molecule has 0 amide bonds. The lowest BCUT2D eigenvalue weighted by molar-refractivity contribution is 0.0216. The van der Waals surface area contributed by atoms with Gasteiger partial charge in [-0.05, 0) is 17.7 Å². The third-order valence-electron chi connectivity index (χ3n) is 3.36. The van der Waals surface area contributed by atoms with Crippen LogP contribution in [0.15, 0.2) is 48.5 Å². The van der Waals surface area contributed by atoms with Crippen molar-refractivity contribution in [3.05, 3.63) is 65.2 Å². The van der Waals surface area contributed by atoms with E-state index in [4.69, 9.17) is 11.0 Å². The smallest absolute Gasteiger partial charge is 0.195 e. The van der Waals surface area contributed by atoms with Gasteiger partial charge in [0.2, 0.25) is 0 Å². The number of ketones is 1. The molecule has 22 heavy (non-hydrogen) atoms. The summed E-state index contributed by atoms with van der Waals surface area (Å²) in [7, 11) is 0. The zero-order valence-corrected chi connectivity index (χ0v) is 11.8. The van der Waals surface area contributed by atoms with Crippen LogP contribution in [0.2, 0.25) is 0 Å². The summed E-state index contributed by atoms with van der Waals surface area (Å²) >= 11 is 0. The first-order valence-corrected chi connectivity index (χ1v) is 6.77. The monoisotopic (exact) mass is 296 g/mol. The Bertz CT molecular complexity index is 708. The molecule has 0 aromatic heterocycles. The predicted octanol–water partition coefficient (Wildman–Crippen LogP) is 1.81. The number of hydrogen-bond acceptors (Lipinski definition) is 5. The first-order chi connectivity index (χ1) is 10.5. The van der Waals surface area contributed by atoms with E-state index in [-0.39, 0.29) is 17.8 Å². The van der Waals surface area contributed by atoms with Crippen molar-refractivity contribution in [1.29, 1.82) is 5.26 Å². The van der Waals surface area contributed by atoms with Crippen LogP contribution in [0.4, 0.5) is 5.69 Å². The van der Waals surface area contributed by atoms with E-state index in [1.807, 2.05) is 0 Å². The summed E-state index contributed by atoms with van der Waals surface area (Å²) in [6.07, 6.45) is -2.66. The molecule has 0 spiro atoms. The van der Waals surface area contributed by atoms with E-state index >= 15 is 0 Å². The quantitative estimate of drug-likeness (QED) is 0.576. The lowest BCUT2D eigenvalue weighted by Crippen LogP contribution is -2.18. The van der Waals surface area contributed by atoms with Crippen molar-refractivity contribution in [1.82, 2.24) is 0 Å². The molecule has 112 valence electrons. The molecule has 0 saturated carbocycles. The van der Waals surface area contributed by atoms with E-state index in [9.17, 15) is 15.0 Å². The lowest BCUT2D eigenvalue weighted by Gasteiger charge is -2.17. The number of aliphatic hydroxyl groups excluding tert-OH is 2. The first kappa shape index (κ1) is 15.7. The molecule has 0 radical (unpaired) electrons. The Balaban J connectivity index is 2.35. The highest BCUT2D eigenvalue weighted by molar-refractivity contribution is 6.12. The third kappa shape index (κ3) is 3.31. The molecule has 2 aromatic rings. The number of nitriles is 1. The molecule has 5 nitrogen and oxygen atoms in total. The van der Waals surface area contributed by atoms with E-state index in [0.717, 1.165) is 0 Å². The minimum Gasteiger partial charge on any atom is -0.398 e. The average molecular weight is 296 g/mol. The molecule has 0 bridgehead atoms. The molecule has 2 unspecified atom stereocenters. The normalized spacial score (nSPS) is 13.1. The number of anilines is 1. The van der Waals surface area contributed by atoms with Crippen molar-refractivity contribution in [3.8, 4) is 6.07 Å². The van der Waals surface area contributed by atoms with Crippen molar-refractivity contribution in [3.63, 3.8) is 0 Å². The first-order valence-electron chi connectivity index (χ1n) is 6.77. The van der Waals surface area contributed by atoms with Gasteiger partial charge in [-0.1, -0.05) is 36.4 Å². The average Bonchev–Trinajstić information content (AvgIpc) is 2.55. The summed E-state index contributed by atoms with van der Waals surface area (Å²) in [5.41, 5.74) is 7.22. The second-order valence-electron chi connectivity index (χ2n) is 4.92. The number of hydrogen-bond donors (Lipinski definition) is 3. The Labute approximate surface area is 128 Å². The van der Waals surface area contributed by atoms with Crippen LogP contribution < -0.4 is 5.73 Å². The van der Waals surface area contributed by atoms with Gasteiger partial charge in [-0.2, -0.15) is 5.26 Å². The number of carbonyl (C=O) groups is 1. The molecule has 0 aliphatic carbocycles. The molecule has 0 saturated heterocycles. The van der Waals surface area contributed by atoms with Gasteiger partial charge in [0, 0.05) is 16.8 Å². The maximum Gasteiger partial charge on any atom is 0.195 e. The maximum absolute atomic E-state index is 12.5. The molecular weight excluding hydrogens is 280 g/mol. The molecule has 0 aliphatic heterocycles. The summed E-state index contributed by atoms with van der Waals surface area (Å²) in [5, 5.41) is 28.3. The zero-order chi connectivity index (χ0) is 16.1. The number of carbonyl (C=O) groups excluding carboxylic acids is 1. The minimum atomic E-state index is -1.25. The van der Waals surface area contributed by atoms with Gasteiger partial charge in [0.25, 0.3) is 0 Å². The van der Waals surface area contributed by atoms with Gasteiger partial charge in [0.1, 0.15) is 6.10 Å². The van der Waals surface area contributed by atoms with E-state index in [1.165, 1.54) is 18.2 Å². The Morgan fingerprint density at radius 2 is 1.86 bits per heavy atom. The van der Waals surface area contributed by atoms with Gasteiger partial charge < -0.3 is 15.9 Å². The Morgan fingerprint density at radius 1 is 1.18 bits per heavy atom. The fourth-order valence-corrected chi connectivity index (χ4v) is 2.13. The van der Waals surface area contributed by atoms with Gasteiger partial charge in [-0.3, -0.25) is 4.79 Å². The van der Waals surface area contributed by atoms with Crippen LogP contribution in [0.25, 0.3) is 0 Å². The van der Waals surface area contributed by atoms with Crippen LogP contribution in [0.3, 0.4) is 0 Å². The summed E-state index contributed by atoms with van der Waals surface area (Å²) in [4.78, 5) is 12.5. The largest absolute Gasteiger partial charge is 0.398 e. The fraction of sp³-hybridized carbons (Fsp3) is 0.176. The SMILES string of the molecule is N#CCC(O)C(O)c1ccc(N)c(C(=O)c2ccccc2)c1. The minimum absolute atomic E-state index is 0.201. The van der Waals surface area contributed by atoms with Crippen LogP contribution in [0.1, 0.15) is 34.0 Å². The van der Waals surface area contributed by atoms with E-state index in [0.29, 0.717) is 16.8 Å². The predicted molar refractivity (Wildman–Crippen MR) is 81.9 cm³/mol. The van der Waals surface area contributed by atoms with E-state index in [1.54, 1.807) is 36.4 Å². The van der Waals surface area contributed by atoms with Crippen molar-refractivity contribution in [2.75, 3.05) is 5.73 Å². The summed E-state index contributed by atoms with van der Waals surface area (Å²) in [5.74, 6) is -0.262. The Morgan fingerprint density at radius 3 is 2.50 bits per heavy atom. The standard InChI is InChI=1S/C17H16N2O3/c18-9-8-15(20)17(22)12-6-7-14(19)13(10-12)16(21)11-4-2-1-3-5-11/h1-7,10,15,17,20,22H,8,19H2. The van der Waals surface area contributed by atoms with E-state index < -0.39 is 12.2 Å². The zero-order valence-electron chi connectivity index (χ0n) is 11.8. The van der Waals surface area contributed by atoms with Gasteiger partial charge in [-0.15, -0.1) is 0 Å². The molecule has 2 rings (SSSR count). The van der Waals surface area contributed by atoms with Gasteiger partial charge in [-0.25, -0.2) is 0 Å². The van der Waals surface area contributed by atoms with Crippen molar-refractivity contribution >= 4 is 11.5 Å². The number of benzene rings is 2. The van der Waals surface area contributed by atoms with Gasteiger partial charge >= 0.3 is 0 Å². The number of nitrogen functional groups attached to an aromatic ring is 1. The van der Waals surface area contributed by atoms with Crippen LogP contribution in [0.5, 0.6) is 0 Å². The summed E-state index contributed by atoms with van der Waals surface area (Å²) in [6, 6.07) is 14.9. The van der Waals surface area contributed by atoms with Crippen molar-refractivity contribution in [2.24, 2.45) is 0 Å². The second-order valence-corrected chi connectivity index (χ2v) is 4.92. The van der Waals surface area contributed by atoms with Crippen LogP contribution in [-0.2, 0) is 0 Å². The Hall–Kier alpha value is -2.68. The second kappa shape index (κ2) is 6.85. The number of nitrogens with zero attached hydrogens (tertiary/aromatic N) is 1. The number of nitrogens with two attached hydrogens (primary N) is 1. The highest BCUT2D eigenvalue weighted by Crippen LogP contribution is 2.25. The highest BCUT2D eigenvalue weighted by atomic mass is 16.3. The molecule has 0 fully saturated rings. The number of aliphatic hydroxyl groups is 2. The summed E-state index contributed by atoms with van der Waals surface area (Å²) < 4.78 is 0. The van der Waals surface area contributed by atoms with E-state index in [2.05, 4.69) is 0 Å². The lowest BCUT2D eigenvalue weighted by atomic mass is 9.95.